The Kier molecular flexibility index (Phi) is 13.0. The maximum absolute atomic E-state index is 11.9. The van der Waals surface area contributed by atoms with Gasteiger partial charge in [0, 0.05) is 39.2 Å². The van der Waals surface area contributed by atoms with Gasteiger partial charge in [-0.1, -0.05) is 38.1 Å². The zero-order chi connectivity index (χ0) is 21.1. The molecule has 1 atom stereocenters. The van der Waals surface area contributed by atoms with Crippen LogP contribution in [0.2, 0.25) is 0 Å². The summed E-state index contributed by atoms with van der Waals surface area (Å²) >= 11 is 0. The van der Waals surface area contributed by atoms with Crippen molar-refractivity contribution in [3.63, 3.8) is 0 Å². The summed E-state index contributed by atoms with van der Waals surface area (Å²) in [6.45, 7) is 13.1. The number of rotatable bonds is 11. The number of carbonyl (C=O) groups is 1. The minimum absolute atomic E-state index is 0. The molecule has 0 aromatic heterocycles. The third-order valence-electron chi connectivity index (χ3n) is 5.15. The Balaban J connectivity index is 0.00000450. The second-order valence-electron chi connectivity index (χ2n) is 7.89. The quantitative estimate of drug-likeness (QED) is 0.259. The lowest BCUT2D eigenvalue weighted by Crippen LogP contribution is -2.39. The summed E-state index contributed by atoms with van der Waals surface area (Å²) in [5, 5.41) is 6.73. The number of hydrogen-bond acceptors (Lipinski definition) is 3. The minimum atomic E-state index is 0. The first kappa shape index (κ1) is 26.7. The molecular weight excluding hydrogens is 491 g/mol. The van der Waals surface area contributed by atoms with Gasteiger partial charge in [0.2, 0.25) is 5.91 Å². The summed E-state index contributed by atoms with van der Waals surface area (Å²) in [5.74, 6) is 1.59. The summed E-state index contributed by atoms with van der Waals surface area (Å²) in [4.78, 5) is 18.5. The van der Waals surface area contributed by atoms with Crippen LogP contribution in [0.15, 0.2) is 29.3 Å². The minimum Gasteiger partial charge on any atom is -0.378 e. The van der Waals surface area contributed by atoms with Crippen LogP contribution in [0.1, 0.15) is 58.1 Å². The van der Waals surface area contributed by atoms with Crippen molar-refractivity contribution in [1.82, 2.24) is 15.5 Å². The van der Waals surface area contributed by atoms with Gasteiger partial charge < -0.3 is 20.3 Å². The Bertz CT molecular complexity index is 666. The molecule has 2 rings (SSSR count). The molecule has 1 amide bonds. The summed E-state index contributed by atoms with van der Waals surface area (Å²) in [6.07, 6.45) is 2.87. The van der Waals surface area contributed by atoms with Crippen molar-refractivity contribution in [2.45, 2.75) is 66.2 Å². The predicted octanol–water partition coefficient (Wildman–Crippen LogP) is 3.93. The van der Waals surface area contributed by atoms with E-state index >= 15 is 0 Å². The standard InChI is InChI=1S/C23H38N4O2.HI/c1-5-24-23(25-13-12-21(18(3)4)29-6-2)26-16-19-9-7-10-20(15-19)17-27-14-8-11-22(27)28;/h7,9-10,15,18,21H,5-6,8,11-14,16-17H2,1-4H3,(H2,24,25,26);1H. The van der Waals surface area contributed by atoms with Gasteiger partial charge in [-0.05, 0) is 43.7 Å². The van der Waals surface area contributed by atoms with Crippen LogP contribution in [0, 0.1) is 5.92 Å². The number of guanidine groups is 1. The molecule has 1 unspecified atom stereocenters. The zero-order valence-corrected chi connectivity index (χ0v) is 21.3. The molecule has 1 aliphatic rings. The van der Waals surface area contributed by atoms with E-state index in [1.165, 1.54) is 5.56 Å². The normalized spacial score (nSPS) is 15.3. The highest BCUT2D eigenvalue weighted by Gasteiger charge is 2.19. The second-order valence-corrected chi connectivity index (χ2v) is 7.89. The third-order valence-corrected chi connectivity index (χ3v) is 5.15. The molecule has 6 nitrogen and oxygen atoms in total. The van der Waals surface area contributed by atoms with Gasteiger partial charge in [0.1, 0.15) is 0 Å². The van der Waals surface area contributed by atoms with Crippen LogP contribution in [0.4, 0.5) is 0 Å². The van der Waals surface area contributed by atoms with Gasteiger partial charge in [0.25, 0.3) is 0 Å². The smallest absolute Gasteiger partial charge is 0.222 e. The fraction of sp³-hybridized carbons (Fsp3) is 0.652. The molecule has 170 valence electrons. The maximum Gasteiger partial charge on any atom is 0.222 e. The molecule has 0 radical (unpaired) electrons. The number of nitrogens with zero attached hydrogens (tertiary/aromatic N) is 2. The SMILES string of the molecule is CCNC(=NCc1cccc(CN2CCCC2=O)c1)NCCC(OCC)C(C)C.I. The largest absolute Gasteiger partial charge is 0.378 e. The zero-order valence-electron chi connectivity index (χ0n) is 18.9. The average Bonchev–Trinajstić information content (AvgIpc) is 3.10. The molecule has 7 heteroatoms. The van der Waals surface area contributed by atoms with E-state index in [4.69, 9.17) is 9.73 Å². The molecule has 1 aromatic rings. The van der Waals surface area contributed by atoms with Gasteiger partial charge in [0.05, 0.1) is 12.6 Å². The van der Waals surface area contributed by atoms with Crippen LogP contribution in [0.3, 0.4) is 0 Å². The Morgan fingerprint density at radius 1 is 1.23 bits per heavy atom. The van der Waals surface area contributed by atoms with Crippen LogP contribution in [-0.2, 0) is 22.6 Å². The molecule has 30 heavy (non-hydrogen) atoms. The number of amides is 1. The van der Waals surface area contributed by atoms with Crippen molar-refractivity contribution in [1.29, 1.82) is 0 Å². The first-order valence-electron chi connectivity index (χ1n) is 11.0. The summed E-state index contributed by atoms with van der Waals surface area (Å²) in [7, 11) is 0. The van der Waals surface area contributed by atoms with Gasteiger partial charge >= 0.3 is 0 Å². The maximum atomic E-state index is 11.9. The van der Waals surface area contributed by atoms with E-state index in [2.05, 4.69) is 55.7 Å². The highest BCUT2D eigenvalue weighted by molar-refractivity contribution is 14.0. The summed E-state index contributed by atoms with van der Waals surface area (Å²) in [5.41, 5.74) is 2.32. The monoisotopic (exact) mass is 530 g/mol. The average molecular weight is 530 g/mol. The fourth-order valence-corrected chi connectivity index (χ4v) is 3.59. The van der Waals surface area contributed by atoms with Crippen LogP contribution in [0.5, 0.6) is 0 Å². The number of ether oxygens (including phenoxy) is 1. The first-order valence-corrected chi connectivity index (χ1v) is 11.0. The Morgan fingerprint density at radius 2 is 2.00 bits per heavy atom. The van der Waals surface area contributed by atoms with E-state index in [0.717, 1.165) is 50.6 Å². The number of aliphatic imine (C=N–C) groups is 1. The second kappa shape index (κ2) is 14.6. The number of halogens is 1. The molecule has 1 aromatic carbocycles. The van der Waals surface area contributed by atoms with Gasteiger partial charge in [-0.25, -0.2) is 4.99 Å². The molecule has 1 saturated heterocycles. The van der Waals surface area contributed by atoms with Crippen LogP contribution in [0.25, 0.3) is 0 Å². The molecule has 1 heterocycles. The van der Waals surface area contributed by atoms with Crippen molar-refractivity contribution in [3.05, 3.63) is 35.4 Å². The lowest BCUT2D eigenvalue weighted by atomic mass is 10.0. The summed E-state index contributed by atoms with van der Waals surface area (Å²) in [6, 6.07) is 8.38. The van der Waals surface area contributed by atoms with E-state index in [1.807, 2.05) is 11.8 Å². The van der Waals surface area contributed by atoms with Crippen LogP contribution >= 0.6 is 24.0 Å². The van der Waals surface area contributed by atoms with Crippen LogP contribution < -0.4 is 10.6 Å². The number of nitrogens with one attached hydrogen (secondary N) is 2. The lowest BCUT2D eigenvalue weighted by Gasteiger charge is -2.21. The predicted molar refractivity (Wildman–Crippen MR) is 134 cm³/mol. The Labute approximate surface area is 199 Å². The highest BCUT2D eigenvalue weighted by atomic mass is 127. The molecule has 0 aliphatic carbocycles. The number of carbonyl (C=O) groups excluding carboxylic acids is 1. The molecule has 0 bridgehead atoms. The van der Waals surface area contributed by atoms with Crippen molar-refractivity contribution >= 4 is 35.8 Å². The molecule has 1 fully saturated rings. The van der Waals surface area contributed by atoms with Crippen molar-refractivity contribution in [2.75, 3.05) is 26.2 Å². The third kappa shape index (κ3) is 9.20. The van der Waals surface area contributed by atoms with Gasteiger partial charge in [-0.3, -0.25) is 4.79 Å². The number of likely N-dealkylation sites (tertiary alicyclic amines) is 1. The molecular formula is C23H39IN4O2. The van der Waals surface area contributed by atoms with Crippen molar-refractivity contribution < 1.29 is 9.53 Å². The Hall–Kier alpha value is -1.35. The van der Waals surface area contributed by atoms with Crippen LogP contribution in [-0.4, -0.2) is 49.1 Å². The first-order chi connectivity index (χ1) is 14.0. The van der Waals surface area contributed by atoms with Gasteiger partial charge in [-0.15, -0.1) is 24.0 Å². The van der Waals surface area contributed by atoms with E-state index in [1.54, 1.807) is 0 Å². The number of benzene rings is 1. The van der Waals surface area contributed by atoms with E-state index in [-0.39, 0.29) is 36.0 Å². The lowest BCUT2D eigenvalue weighted by molar-refractivity contribution is -0.128. The summed E-state index contributed by atoms with van der Waals surface area (Å²) < 4.78 is 5.82. The van der Waals surface area contributed by atoms with E-state index in [0.29, 0.717) is 25.4 Å². The molecule has 0 saturated carbocycles. The fourth-order valence-electron chi connectivity index (χ4n) is 3.59. The topological polar surface area (TPSA) is 66.0 Å². The molecule has 0 spiro atoms. The van der Waals surface area contributed by atoms with E-state index in [9.17, 15) is 4.79 Å². The highest BCUT2D eigenvalue weighted by Crippen LogP contribution is 2.15. The van der Waals surface area contributed by atoms with Crippen molar-refractivity contribution in [2.24, 2.45) is 10.9 Å². The van der Waals surface area contributed by atoms with Crippen molar-refractivity contribution in [3.8, 4) is 0 Å². The molecule has 2 N–H and O–H groups in total. The Morgan fingerprint density at radius 3 is 2.63 bits per heavy atom. The van der Waals surface area contributed by atoms with E-state index < -0.39 is 0 Å². The number of hydrogen-bond donors (Lipinski definition) is 2. The van der Waals surface area contributed by atoms with Gasteiger partial charge in [0.15, 0.2) is 5.96 Å². The molecule has 1 aliphatic heterocycles. The van der Waals surface area contributed by atoms with Gasteiger partial charge in [-0.2, -0.15) is 0 Å².